The summed E-state index contributed by atoms with van der Waals surface area (Å²) in [5.41, 5.74) is 3.89. The zero-order chi connectivity index (χ0) is 16.0. The molecule has 23 heavy (non-hydrogen) atoms. The molecule has 1 fully saturated rings. The molecule has 1 amide bonds. The van der Waals surface area contributed by atoms with Crippen LogP contribution in [0.5, 0.6) is 0 Å². The molecule has 2 aromatic rings. The number of carbonyl (C=O) groups is 1. The van der Waals surface area contributed by atoms with Crippen molar-refractivity contribution in [2.75, 3.05) is 13.1 Å². The minimum absolute atomic E-state index is 0.122. The van der Waals surface area contributed by atoms with E-state index in [1.165, 1.54) is 12.0 Å². The van der Waals surface area contributed by atoms with Crippen molar-refractivity contribution in [1.82, 2.24) is 9.88 Å². The van der Waals surface area contributed by atoms with Gasteiger partial charge in [-0.1, -0.05) is 24.6 Å². The summed E-state index contributed by atoms with van der Waals surface area (Å²) in [6.45, 7) is 3.93. The second-order valence-electron chi connectivity index (χ2n) is 6.94. The van der Waals surface area contributed by atoms with Gasteiger partial charge in [0, 0.05) is 29.7 Å². The Morgan fingerprint density at radius 2 is 2.17 bits per heavy atom. The van der Waals surface area contributed by atoms with E-state index in [1.54, 1.807) is 0 Å². The molecule has 1 atom stereocenters. The molecule has 3 nitrogen and oxygen atoms in total. The number of piperidine rings is 1. The molecular weight excluding hydrogens is 308 g/mol. The molecule has 2 heterocycles. The van der Waals surface area contributed by atoms with Gasteiger partial charge in [-0.05, 0) is 55.7 Å². The number of halogens is 1. The molecule has 1 aromatic carbocycles. The van der Waals surface area contributed by atoms with E-state index in [1.807, 2.05) is 23.1 Å². The predicted octanol–water partition coefficient (Wildman–Crippen LogP) is 4.25. The molecule has 120 valence electrons. The van der Waals surface area contributed by atoms with Gasteiger partial charge in [-0.3, -0.25) is 9.78 Å². The number of nitrogens with zero attached hydrogens (tertiary/aromatic N) is 2. The first-order valence-corrected chi connectivity index (χ1v) is 8.91. The number of rotatable bonds is 1. The maximum absolute atomic E-state index is 12.8. The van der Waals surface area contributed by atoms with Gasteiger partial charge < -0.3 is 4.90 Å². The van der Waals surface area contributed by atoms with Gasteiger partial charge in [0.05, 0.1) is 10.5 Å². The second-order valence-corrected chi connectivity index (χ2v) is 7.31. The SMILES string of the molecule is C[C@H]1CCCN(C(=O)c2ccc3c(Cl)c4c(nc3c2)CCC4)C1. The highest BCUT2D eigenvalue weighted by Gasteiger charge is 2.23. The van der Waals surface area contributed by atoms with Crippen LogP contribution in [0.25, 0.3) is 10.9 Å². The van der Waals surface area contributed by atoms with E-state index >= 15 is 0 Å². The number of fused-ring (bicyclic) bond motifs is 2. The number of carbonyl (C=O) groups excluding carboxylic acids is 1. The zero-order valence-corrected chi connectivity index (χ0v) is 14.2. The first-order chi connectivity index (χ1) is 11.1. The van der Waals surface area contributed by atoms with Gasteiger partial charge in [0.25, 0.3) is 5.91 Å². The van der Waals surface area contributed by atoms with E-state index in [9.17, 15) is 4.79 Å². The highest BCUT2D eigenvalue weighted by Crippen LogP contribution is 2.34. The lowest BCUT2D eigenvalue weighted by molar-refractivity contribution is 0.0683. The van der Waals surface area contributed by atoms with Crippen molar-refractivity contribution in [3.05, 3.63) is 40.0 Å². The summed E-state index contributed by atoms with van der Waals surface area (Å²) in [6.07, 6.45) is 5.44. The average molecular weight is 329 g/mol. The smallest absolute Gasteiger partial charge is 0.253 e. The summed E-state index contributed by atoms with van der Waals surface area (Å²) in [5, 5.41) is 1.80. The Balaban J connectivity index is 1.71. The lowest BCUT2D eigenvalue weighted by Crippen LogP contribution is -2.39. The van der Waals surface area contributed by atoms with E-state index < -0.39 is 0 Å². The number of likely N-dealkylation sites (tertiary alicyclic amines) is 1. The molecule has 0 bridgehead atoms. The third kappa shape index (κ3) is 2.61. The highest BCUT2D eigenvalue weighted by atomic mass is 35.5. The Kier molecular flexibility index (Phi) is 3.76. The summed E-state index contributed by atoms with van der Waals surface area (Å²) in [7, 11) is 0. The Morgan fingerprint density at radius 1 is 1.30 bits per heavy atom. The molecule has 2 aliphatic rings. The fraction of sp³-hybridized carbons (Fsp3) is 0.474. The third-order valence-electron chi connectivity index (χ3n) is 5.13. The van der Waals surface area contributed by atoms with Crippen molar-refractivity contribution in [1.29, 1.82) is 0 Å². The van der Waals surface area contributed by atoms with E-state index in [-0.39, 0.29) is 5.91 Å². The number of aromatic nitrogens is 1. The molecule has 0 radical (unpaired) electrons. The summed E-state index contributed by atoms with van der Waals surface area (Å²) in [4.78, 5) is 19.5. The number of benzene rings is 1. The molecule has 4 rings (SSSR count). The summed E-state index contributed by atoms with van der Waals surface area (Å²) < 4.78 is 0. The van der Waals surface area contributed by atoms with Crippen LogP contribution in [0, 0.1) is 5.92 Å². The van der Waals surface area contributed by atoms with Crippen LogP contribution in [0.1, 0.15) is 47.8 Å². The molecule has 1 aliphatic carbocycles. The number of hydrogen-bond acceptors (Lipinski definition) is 2. The van der Waals surface area contributed by atoms with Gasteiger partial charge in [-0.2, -0.15) is 0 Å². The molecule has 0 spiro atoms. The van der Waals surface area contributed by atoms with E-state index in [0.29, 0.717) is 5.92 Å². The van der Waals surface area contributed by atoms with Gasteiger partial charge in [0.15, 0.2) is 0 Å². The number of aryl methyl sites for hydroxylation is 1. The van der Waals surface area contributed by atoms with Crippen LogP contribution < -0.4 is 0 Å². The van der Waals surface area contributed by atoms with Gasteiger partial charge in [0.2, 0.25) is 0 Å². The number of pyridine rings is 1. The van der Waals surface area contributed by atoms with Crippen molar-refractivity contribution in [2.45, 2.75) is 39.0 Å². The number of hydrogen-bond donors (Lipinski definition) is 0. The Bertz CT molecular complexity index is 787. The third-order valence-corrected chi connectivity index (χ3v) is 5.57. The van der Waals surface area contributed by atoms with Gasteiger partial charge in [-0.15, -0.1) is 0 Å². The topological polar surface area (TPSA) is 33.2 Å². The lowest BCUT2D eigenvalue weighted by Gasteiger charge is -2.31. The first kappa shape index (κ1) is 14.9. The highest BCUT2D eigenvalue weighted by molar-refractivity contribution is 6.36. The van der Waals surface area contributed by atoms with E-state index in [0.717, 1.165) is 66.0 Å². The quantitative estimate of drug-likeness (QED) is 0.784. The van der Waals surface area contributed by atoms with E-state index in [4.69, 9.17) is 16.6 Å². The zero-order valence-electron chi connectivity index (χ0n) is 13.4. The van der Waals surface area contributed by atoms with Crippen LogP contribution in [-0.2, 0) is 12.8 Å². The molecule has 1 aromatic heterocycles. The molecule has 1 aliphatic heterocycles. The maximum atomic E-state index is 12.8. The first-order valence-electron chi connectivity index (χ1n) is 8.54. The van der Waals surface area contributed by atoms with Crippen molar-refractivity contribution in [3.63, 3.8) is 0 Å². The fourth-order valence-electron chi connectivity index (χ4n) is 3.89. The second kappa shape index (κ2) is 5.79. The van der Waals surface area contributed by atoms with Crippen LogP contribution in [0.2, 0.25) is 5.02 Å². The van der Waals surface area contributed by atoms with Crippen molar-refractivity contribution >= 4 is 28.4 Å². The lowest BCUT2D eigenvalue weighted by atomic mass is 9.99. The van der Waals surface area contributed by atoms with E-state index in [2.05, 4.69) is 6.92 Å². The average Bonchev–Trinajstić information content (AvgIpc) is 3.02. The predicted molar refractivity (Wildman–Crippen MR) is 93.1 cm³/mol. The van der Waals surface area contributed by atoms with Crippen LogP contribution in [0.15, 0.2) is 18.2 Å². The molecule has 0 N–H and O–H groups in total. The van der Waals surface area contributed by atoms with Crippen LogP contribution >= 0.6 is 11.6 Å². The normalized spacial score (nSPS) is 20.8. The minimum atomic E-state index is 0.122. The van der Waals surface area contributed by atoms with Crippen LogP contribution in [0.4, 0.5) is 0 Å². The maximum Gasteiger partial charge on any atom is 0.253 e. The largest absolute Gasteiger partial charge is 0.338 e. The Morgan fingerprint density at radius 3 is 3.00 bits per heavy atom. The molecule has 0 saturated carbocycles. The summed E-state index contributed by atoms with van der Waals surface area (Å²) in [6, 6.07) is 5.78. The minimum Gasteiger partial charge on any atom is -0.338 e. The van der Waals surface area contributed by atoms with Crippen LogP contribution in [-0.4, -0.2) is 28.9 Å². The Hall–Kier alpha value is -1.61. The summed E-state index contributed by atoms with van der Waals surface area (Å²) >= 11 is 6.55. The molecule has 0 unspecified atom stereocenters. The monoisotopic (exact) mass is 328 g/mol. The van der Waals surface area contributed by atoms with Gasteiger partial charge in [0.1, 0.15) is 0 Å². The van der Waals surface area contributed by atoms with Gasteiger partial charge >= 0.3 is 0 Å². The van der Waals surface area contributed by atoms with Crippen molar-refractivity contribution in [3.8, 4) is 0 Å². The summed E-state index contributed by atoms with van der Waals surface area (Å²) in [5.74, 6) is 0.709. The standard InChI is InChI=1S/C19H21ClN2O/c1-12-4-3-9-22(11-12)19(23)13-7-8-15-17(10-13)21-16-6-2-5-14(16)18(15)20/h7-8,10,12H,2-6,9,11H2,1H3/t12-/m0/s1. The number of amides is 1. The molecule has 1 saturated heterocycles. The van der Waals surface area contributed by atoms with Crippen LogP contribution in [0.3, 0.4) is 0 Å². The Labute approximate surface area is 141 Å². The van der Waals surface area contributed by atoms with Crippen molar-refractivity contribution in [2.24, 2.45) is 5.92 Å². The molecule has 4 heteroatoms. The van der Waals surface area contributed by atoms with Gasteiger partial charge in [-0.25, -0.2) is 0 Å². The molecular formula is C19H21ClN2O. The van der Waals surface area contributed by atoms with Crippen molar-refractivity contribution < 1.29 is 4.79 Å². The fourth-order valence-corrected chi connectivity index (χ4v) is 4.26.